The Balaban J connectivity index is 0. The molecule has 0 bridgehead atoms. The first-order chi connectivity index (χ1) is 5.08. The van der Waals surface area contributed by atoms with E-state index in [1.165, 1.54) is 12.1 Å². The molecule has 13 heavy (non-hydrogen) atoms. The first kappa shape index (κ1) is 15.5. The number of phosphoric ester groups is 1. The van der Waals surface area contributed by atoms with E-state index >= 15 is 0 Å². The molecule has 0 spiro atoms. The summed E-state index contributed by atoms with van der Waals surface area (Å²) < 4.78 is 14.1. The Morgan fingerprint density at radius 3 is 2.00 bits per heavy atom. The fourth-order valence-corrected chi connectivity index (χ4v) is 0.990. The number of hydrogen-bond donors (Lipinski definition) is 0. The predicted octanol–water partition coefficient (Wildman–Crippen LogP) is -0.933. The number of hydrogen-bond acceptors (Lipinski definition) is 4. The zero-order valence-electron chi connectivity index (χ0n) is 6.67. The minimum Gasteiger partial charge on any atom is -0.780 e. The summed E-state index contributed by atoms with van der Waals surface area (Å²) in [5.41, 5.74) is 0. The SMILES string of the molecule is O.O=P([O-])([O-])Oc1ccccc1.[Cd+2]. The third-order valence-corrected chi connectivity index (χ3v) is 1.39. The standard InChI is InChI=1S/C6H7O4P.Cd.H2O/c7-11(8,9)10-6-4-2-1-3-5-6;;/h1-5H,(H2,7,8,9);;1H2/q;+2;/p-2. The van der Waals surface area contributed by atoms with Crippen LogP contribution in [0.5, 0.6) is 5.75 Å². The summed E-state index contributed by atoms with van der Waals surface area (Å²) >= 11 is 0. The van der Waals surface area contributed by atoms with E-state index in [1.54, 1.807) is 18.2 Å². The molecule has 0 fully saturated rings. The molecule has 0 amide bonds. The van der Waals surface area contributed by atoms with Gasteiger partial charge in [0.2, 0.25) is 0 Å². The molecule has 0 aliphatic carbocycles. The van der Waals surface area contributed by atoms with Gasteiger partial charge in [0.25, 0.3) is 0 Å². The molecule has 5 nitrogen and oxygen atoms in total. The van der Waals surface area contributed by atoms with Crippen LogP contribution in [0.3, 0.4) is 0 Å². The molecule has 1 aromatic carbocycles. The molecule has 0 aliphatic rings. The molecule has 68 valence electrons. The molecule has 0 saturated carbocycles. The Morgan fingerprint density at radius 1 is 1.15 bits per heavy atom. The maximum Gasteiger partial charge on any atom is 2.00 e. The molecule has 0 aliphatic heterocycles. The van der Waals surface area contributed by atoms with E-state index in [9.17, 15) is 14.4 Å². The van der Waals surface area contributed by atoms with Gasteiger partial charge in [0.1, 0.15) is 13.6 Å². The van der Waals surface area contributed by atoms with Crippen LogP contribution in [0.4, 0.5) is 0 Å². The van der Waals surface area contributed by atoms with E-state index in [1.807, 2.05) is 0 Å². The summed E-state index contributed by atoms with van der Waals surface area (Å²) in [6, 6.07) is 7.62. The third-order valence-electron chi connectivity index (χ3n) is 0.960. The van der Waals surface area contributed by atoms with Crippen LogP contribution < -0.4 is 14.3 Å². The quantitative estimate of drug-likeness (QED) is 0.520. The first-order valence-electron chi connectivity index (χ1n) is 2.85. The number of benzene rings is 1. The average molecular weight is 303 g/mol. The van der Waals surface area contributed by atoms with Crippen LogP contribution in [0.15, 0.2) is 30.3 Å². The van der Waals surface area contributed by atoms with Crippen LogP contribution in [0.25, 0.3) is 0 Å². The maximum absolute atomic E-state index is 10.1. The molecule has 0 saturated heterocycles. The van der Waals surface area contributed by atoms with Crippen molar-refractivity contribution >= 4 is 7.82 Å². The first-order valence-corrected chi connectivity index (χ1v) is 4.31. The van der Waals surface area contributed by atoms with E-state index in [4.69, 9.17) is 0 Å². The minimum absolute atomic E-state index is 0. The fourth-order valence-electron chi connectivity index (χ4n) is 0.610. The van der Waals surface area contributed by atoms with E-state index in [0.29, 0.717) is 0 Å². The van der Waals surface area contributed by atoms with E-state index in [0.717, 1.165) is 0 Å². The van der Waals surface area contributed by atoms with Crippen LogP contribution in [0, 0.1) is 0 Å². The Labute approximate surface area is 95.4 Å². The van der Waals surface area contributed by atoms with E-state index < -0.39 is 7.82 Å². The fraction of sp³-hybridized carbons (Fsp3) is 0. The number of phosphoric acid groups is 1. The molecule has 2 N–H and O–H groups in total. The molecule has 0 heterocycles. The number of rotatable bonds is 2. The van der Waals surface area contributed by atoms with Crippen molar-refractivity contribution in [3.8, 4) is 5.75 Å². The molecule has 0 unspecified atom stereocenters. The van der Waals surface area contributed by atoms with Crippen LogP contribution in [0.2, 0.25) is 0 Å². The van der Waals surface area contributed by atoms with E-state index in [-0.39, 0.29) is 38.5 Å². The van der Waals surface area contributed by atoms with Gasteiger partial charge in [-0.05, 0) is 12.1 Å². The zero-order valence-corrected chi connectivity index (χ0v) is 11.6. The second-order valence-electron chi connectivity index (χ2n) is 1.85. The Morgan fingerprint density at radius 2 is 1.62 bits per heavy atom. The van der Waals surface area contributed by atoms with Gasteiger partial charge in [-0.1, -0.05) is 18.2 Å². The van der Waals surface area contributed by atoms with Crippen molar-refractivity contribution in [1.29, 1.82) is 0 Å². The van der Waals surface area contributed by atoms with Crippen molar-refractivity contribution in [1.82, 2.24) is 0 Å². The summed E-state index contributed by atoms with van der Waals surface area (Å²) in [5, 5.41) is 0. The van der Waals surface area contributed by atoms with Gasteiger partial charge in [0.15, 0.2) is 0 Å². The molecule has 0 radical (unpaired) electrons. The summed E-state index contributed by atoms with van der Waals surface area (Å²) in [7, 11) is -4.89. The van der Waals surface area contributed by atoms with Crippen LogP contribution in [-0.4, -0.2) is 5.48 Å². The molecule has 1 aromatic rings. The summed E-state index contributed by atoms with van der Waals surface area (Å²) in [4.78, 5) is 20.1. The molecule has 7 heteroatoms. The average Bonchev–Trinajstić information content (AvgIpc) is 1.85. The van der Waals surface area contributed by atoms with Crippen molar-refractivity contribution in [2.75, 3.05) is 0 Å². The molecular formula is C6H7CdO5P. The molecule has 0 atom stereocenters. The van der Waals surface area contributed by atoms with Crippen LogP contribution >= 0.6 is 7.82 Å². The second kappa shape index (κ2) is 6.50. The molecular weight excluding hydrogens is 295 g/mol. The van der Waals surface area contributed by atoms with Gasteiger partial charge in [-0.15, -0.1) is 0 Å². The Bertz CT molecular complexity index is 272. The maximum atomic E-state index is 10.1. The van der Waals surface area contributed by atoms with Crippen LogP contribution in [0.1, 0.15) is 0 Å². The summed E-state index contributed by atoms with van der Waals surface area (Å²) in [5.74, 6) is 0.0424. The topological polar surface area (TPSA) is 104 Å². The van der Waals surface area contributed by atoms with Gasteiger partial charge >= 0.3 is 27.3 Å². The normalized spacial score (nSPS) is 9.38. The van der Waals surface area contributed by atoms with Crippen molar-refractivity contribution in [2.45, 2.75) is 0 Å². The zero-order chi connectivity index (χ0) is 8.32. The van der Waals surface area contributed by atoms with Gasteiger partial charge < -0.3 is 24.4 Å². The largest absolute Gasteiger partial charge is 2.00 e. The monoisotopic (exact) mass is 304 g/mol. The second-order valence-corrected chi connectivity index (χ2v) is 2.93. The smallest absolute Gasteiger partial charge is 0.780 e. The Kier molecular flexibility index (Phi) is 7.76. The van der Waals surface area contributed by atoms with Crippen molar-refractivity contribution in [2.24, 2.45) is 0 Å². The molecule has 1 rings (SSSR count). The van der Waals surface area contributed by atoms with Crippen molar-refractivity contribution in [3.05, 3.63) is 30.3 Å². The van der Waals surface area contributed by atoms with Gasteiger partial charge in [-0.3, -0.25) is 0 Å². The minimum atomic E-state index is -4.89. The van der Waals surface area contributed by atoms with Gasteiger partial charge in [-0.2, -0.15) is 0 Å². The predicted molar refractivity (Wildman–Crippen MR) is 38.3 cm³/mol. The van der Waals surface area contributed by atoms with Crippen LogP contribution in [-0.2, 0) is 31.9 Å². The van der Waals surface area contributed by atoms with Gasteiger partial charge in [0, 0.05) is 0 Å². The van der Waals surface area contributed by atoms with Gasteiger partial charge in [-0.25, -0.2) is 0 Å². The van der Waals surface area contributed by atoms with E-state index in [2.05, 4.69) is 4.52 Å². The van der Waals surface area contributed by atoms with Crippen molar-refractivity contribution < 1.29 is 51.7 Å². The number of para-hydroxylation sites is 1. The summed E-state index contributed by atoms with van der Waals surface area (Å²) in [6.45, 7) is 0. The van der Waals surface area contributed by atoms with Crippen molar-refractivity contribution in [3.63, 3.8) is 0 Å². The summed E-state index contributed by atoms with van der Waals surface area (Å²) in [6.07, 6.45) is 0. The third kappa shape index (κ3) is 7.15. The Hall–Kier alpha value is 0.0521. The van der Waals surface area contributed by atoms with Gasteiger partial charge in [0.05, 0.1) is 0 Å². The molecule has 0 aromatic heterocycles.